The van der Waals surface area contributed by atoms with Gasteiger partial charge in [0.05, 0.1) is 25.6 Å². The molecule has 1 amide bonds. The lowest BCUT2D eigenvalue weighted by Gasteiger charge is -2.22. The minimum absolute atomic E-state index is 0.136. The van der Waals surface area contributed by atoms with E-state index in [1.165, 1.54) is 10.6 Å². The minimum atomic E-state index is -3.42. The summed E-state index contributed by atoms with van der Waals surface area (Å²) in [5.74, 6) is 1.31. The number of sulfonamides is 1. The molecule has 0 spiro atoms. The fourth-order valence-corrected chi connectivity index (χ4v) is 3.85. The Morgan fingerprint density at radius 3 is 2.23 bits per heavy atom. The number of ether oxygens (including phenoxy) is 2. The smallest absolute Gasteiger partial charge is 0.232 e. The number of methoxy groups -OCH3 is 1. The molecule has 0 heterocycles. The Labute approximate surface area is 179 Å². The first-order valence-corrected chi connectivity index (χ1v) is 11.8. The highest BCUT2D eigenvalue weighted by Crippen LogP contribution is 2.19. The SMILES string of the molecule is CCc1ccc(N(CCCC(=O)NCCOc2ccc(OC)cc2)S(C)(=O)=O)cc1. The second-order valence-corrected chi connectivity index (χ2v) is 8.74. The number of benzene rings is 2. The van der Waals surface area contributed by atoms with Crippen molar-refractivity contribution in [1.82, 2.24) is 5.32 Å². The van der Waals surface area contributed by atoms with Crippen LogP contribution in [0.3, 0.4) is 0 Å². The lowest BCUT2D eigenvalue weighted by atomic mass is 10.1. The third-order valence-corrected chi connectivity index (χ3v) is 5.74. The van der Waals surface area contributed by atoms with Crippen molar-refractivity contribution in [1.29, 1.82) is 0 Å². The van der Waals surface area contributed by atoms with E-state index in [4.69, 9.17) is 9.47 Å². The van der Waals surface area contributed by atoms with Crippen LogP contribution in [0.4, 0.5) is 5.69 Å². The van der Waals surface area contributed by atoms with Crippen molar-refractivity contribution < 1.29 is 22.7 Å². The van der Waals surface area contributed by atoms with Gasteiger partial charge in [0, 0.05) is 13.0 Å². The van der Waals surface area contributed by atoms with Gasteiger partial charge in [0.25, 0.3) is 0 Å². The minimum Gasteiger partial charge on any atom is -0.497 e. The largest absolute Gasteiger partial charge is 0.497 e. The molecule has 164 valence electrons. The van der Waals surface area contributed by atoms with Crippen LogP contribution < -0.4 is 19.1 Å². The molecule has 0 saturated heterocycles. The van der Waals surface area contributed by atoms with Gasteiger partial charge in [-0.2, -0.15) is 0 Å². The van der Waals surface area contributed by atoms with Crippen molar-refractivity contribution in [3.63, 3.8) is 0 Å². The molecule has 8 heteroatoms. The maximum atomic E-state index is 12.1. The van der Waals surface area contributed by atoms with Crippen LogP contribution in [0.5, 0.6) is 11.5 Å². The average molecular weight is 435 g/mol. The van der Waals surface area contributed by atoms with Crippen LogP contribution in [-0.4, -0.2) is 47.4 Å². The maximum absolute atomic E-state index is 12.1. The summed E-state index contributed by atoms with van der Waals surface area (Å²) < 4.78 is 36.3. The summed E-state index contributed by atoms with van der Waals surface area (Å²) in [6.07, 6.45) is 2.73. The Morgan fingerprint density at radius 2 is 1.67 bits per heavy atom. The number of hydrogen-bond acceptors (Lipinski definition) is 5. The predicted molar refractivity (Wildman–Crippen MR) is 119 cm³/mol. The summed E-state index contributed by atoms with van der Waals surface area (Å²) in [7, 11) is -1.82. The number of carbonyl (C=O) groups excluding carboxylic acids is 1. The van der Waals surface area contributed by atoms with E-state index in [9.17, 15) is 13.2 Å². The monoisotopic (exact) mass is 434 g/mol. The third kappa shape index (κ3) is 7.59. The molecule has 30 heavy (non-hydrogen) atoms. The van der Waals surface area contributed by atoms with Crippen molar-refractivity contribution >= 4 is 21.6 Å². The molecular formula is C22H30N2O5S. The van der Waals surface area contributed by atoms with Crippen LogP contribution in [-0.2, 0) is 21.2 Å². The lowest BCUT2D eigenvalue weighted by Crippen LogP contribution is -2.32. The molecule has 2 rings (SSSR count). The highest BCUT2D eigenvalue weighted by Gasteiger charge is 2.17. The molecule has 0 fully saturated rings. The Hall–Kier alpha value is -2.74. The number of carbonyl (C=O) groups is 1. The van der Waals surface area contributed by atoms with Gasteiger partial charge in [-0.1, -0.05) is 19.1 Å². The van der Waals surface area contributed by atoms with Crippen molar-refractivity contribution in [3.05, 3.63) is 54.1 Å². The van der Waals surface area contributed by atoms with Gasteiger partial charge in [0.2, 0.25) is 15.9 Å². The highest BCUT2D eigenvalue weighted by atomic mass is 32.2. The van der Waals surface area contributed by atoms with Crippen LogP contribution in [0.2, 0.25) is 0 Å². The van der Waals surface area contributed by atoms with Gasteiger partial charge >= 0.3 is 0 Å². The molecule has 0 atom stereocenters. The normalized spacial score (nSPS) is 11.0. The molecule has 0 bridgehead atoms. The van der Waals surface area contributed by atoms with Crippen molar-refractivity contribution in [2.75, 3.05) is 37.4 Å². The quantitative estimate of drug-likeness (QED) is 0.519. The first-order valence-electron chi connectivity index (χ1n) is 9.93. The Morgan fingerprint density at radius 1 is 1.03 bits per heavy atom. The standard InChI is InChI=1S/C22H30N2O5S/c1-4-18-7-9-19(10-8-18)24(30(3,26)27)16-5-6-22(25)23-15-17-29-21-13-11-20(28-2)12-14-21/h7-14H,4-6,15-17H2,1-3H3,(H,23,25). The van der Waals surface area contributed by atoms with E-state index in [-0.39, 0.29) is 18.9 Å². The molecule has 1 N–H and O–H groups in total. The summed E-state index contributed by atoms with van der Waals surface area (Å²) in [6, 6.07) is 14.6. The molecule has 0 radical (unpaired) electrons. The molecule has 0 unspecified atom stereocenters. The summed E-state index contributed by atoms with van der Waals surface area (Å²) in [5.41, 5.74) is 1.76. The van der Waals surface area contributed by atoms with Gasteiger partial charge in [-0.15, -0.1) is 0 Å². The molecule has 7 nitrogen and oxygen atoms in total. The molecular weight excluding hydrogens is 404 g/mol. The van der Waals surface area contributed by atoms with Crippen molar-refractivity contribution in [2.45, 2.75) is 26.2 Å². The number of rotatable bonds is 12. The van der Waals surface area contributed by atoms with Crippen LogP contribution in [0.15, 0.2) is 48.5 Å². The third-order valence-electron chi connectivity index (χ3n) is 4.55. The second kappa shape index (κ2) is 11.4. The molecule has 0 aliphatic rings. The molecule has 2 aromatic carbocycles. The van der Waals surface area contributed by atoms with Gasteiger partial charge in [0.1, 0.15) is 18.1 Å². The topological polar surface area (TPSA) is 84.9 Å². The summed E-state index contributed by atoms with van der Waals surface area (Å²) in [5, 5.41) is 2.79. The van der Waals surface area contributed by atoms with Gasteiger partial charge < -0.3 is 14.8 Å². The van der Waals surface area contributed by atoms with Gasteiger partial charge in [0.15, 0.2) is 0 Å². The lowest BCUT2D eigenvalue weighted by molar-refractivity contribution is -0.121. The first kappa shape index (κ1) is 23.5. The summed E-state index contributed by atoms with van der Waals surface area (Å²) in [4.78, 5) is 12.0. The zero-order valence-corrected chi connectivity index (χ0v) is 18.6. The predicted octanol–water partition coefficient (Wildman–Crippen LogP) is 3.00. The van der Waals surface area contributed by atoms with E-state index in [1.807, 2.05) is 19.1 Å². The first-order chi connectivity index (χ1) is 14.3. The van der Waals surface area contributed by atoms with Crippen LogP contribution >= 0.6 is 0 Å². The zero-order chi connectivity index (χ0) is 22.0. The van der Waals surface area contributed by atoms with Gasteiger partial charge in [-0.3, -0.25) is 9.10 Å². The summed E-state index contributed by atoms with van der Waals surface area (Å²) in [6.45, 7) is 3.01. The van der Waals surface area contributed by atoms with E-state index < -0.39 is 10.0 Å². The van der Waals surface area contributed by atoms with Crippen molar-refractivity contribution in [2.24, 2.45) is 0 Å². The number of hydrogen-bond donors (Lipinski definition) is 1. The van der Waals surface area contributed by atoms with E-state index in [0.29, 0.717) is 31.0 Å². The molecule has 0 aliphatic carbocycles. The molecule has 0 aromatic heterocycles. The molecule has 0 aliphatic heterocycles. The maximum Gasteiger partial charge on any atom is 0.232 e. The van der Waals surface area contributed by atoms with E-state index in [2.05, 4.69) is 5.32 Å². The number of aryl methyl sites for hydroxylation is 1. The van der Waals surface area contributed by atoms with Gasteiger partial charge in [-0.05, 0) is 54.8 Å². The van der Waals surface area contributed by atoms with Crippen LogP contribution in [0.1, 0.15) is 25.3 Å². The van der Waals surface area contributed by atoms with E-state index >= 15 is 0 Å². The Balaban J connectivity index is 1.74. The van der Waals surface area contributed by atoms with Gasteiger partial charge in [-0.25, -0.2) is 8.42 Å². The number of nitrogens with zero attached hydrogens (tertiary/aromatic N) is 1. The average Bonchev–Trinajstić information content (AvgIpc) is 2.74. The highest BCUT2D eigenvalue weighted by molar-refractivity contribution is 7.92. The fourth-order valence-electron chi connectivity index (χ4n) is 2.89. The van der Waals surface area contributed by atoms with E-state index in [0.717, 1.165) is 17.7 Å². The Bertz CT molecular complexity index is 896. The summed E-state index contributed by atoms with van der Waals surface area (Å²) >= 11 is 0. The van der Waals surface area contributed by atoms with Crippen LogP contribution in [0, 0.1) is 0 Å². The second-order valence-electron chi connectivity index (χ2n) is 6.83. The number of anilines is 1. The Kier molecular flexibility index (Phi) is 8.98. The number of nitrogens with one attached hydrogen (secondary N) is 1. The fraction of sp³-hybridized carbons (Fsp3) is 0.409. The molecule has 0 saturated carbocycles. The molecule has 2 aromatic rings. The number of amides is 1. The van der Waals surface area contributed by atoms with Crippen LogP contribution in [0.25, 0.3) is 0 Å². The van der Waals surface area contributed by atoms with Crippen molar-refractivity contribution in [3.8, 4) is 11.5 Å². The zero-order valence-electron chi connectivity index (χ0n) is 17.8. The van der Waals surface area contributed by atoms with E-state index in [1.54, 1.807) is 43.5 Å².